The average molecular weight is 450 g/mol. The molecular formula is C22H24FNO6S. The Balaban J connectivity index is 2.19. The molecule has 166 valence electrons. The number of amides is 1. The first-order chi connectivity index (χ1) is 14.8. The van der Waals surface area contributed by atoms with Crippen molar-refractivity contribution in [1.29, 1.82) is 0 Å². The number of carbonyl (C=O) groups excluding carboxylic acids is 1. The van der Waals surface area contributed by atoms with Crippen molar-refractivity contribution in [3.63, 3.8) is 0 Å². The van der Waals surface area contributed by atoms with Crippen LogP contribution in [0.25, 0.3) is 0 Å². The van der Waals surface area contributed by atoms with Crippen LogP contribution in [0.3, 0.4) is 0 Å². The number of hydrogen-bond acceptors (Lipinski definition) is 6. The SMILES string of the molecule is CO[C@@H](CC/C=C/C(=O)O)[C@@H](OC(=O)Nc1ccc(SC)cc1)c1ccc(O)c(F)c1. The first-order valence-corrected chi connectivity index (χ1v) is 10.6. The highest BCUT2D eigenvalue weighted by Gasteiger charge is 2.28. The van der Waals surface area contributed by atoms with Crippen LogP contribution in [0.2, 0.25) is 0 Å². The molecule has 2 aromatic carbocycles. The normalized spacial score (nSPS) is 13.0. The molecule has 0 fully saturated rings. The van der Waals surface area contributed by atoms with Gasteiger partial charge in [0.25, 0.3) is 0 Å². The van der Waals surface area contributed by atoms with Crippen LogP contribution in [0, 0.1) is 5.82 Å². The summed E-state index contributed by atoms with van der Waals surface area (Å²) in [7, 11) is 1.41. The fourth-order valence-corrected chi connectivity index (χ4v) is 3.24. The zero-order chi connectivity index (χ0) is 22.8. The number of phenols is 1. The third-order valence-electron chi connectivity index (χ3n) is 4.39. The lowest BCUT2D eigenvalue weighted by Gasteiger charge is -2.26. The third kappa shape index (κ3) is 7.62. The molecule has 2 aromatic rings. The number of nitrogens with one attached hydrogen (secondary N) is 1. The van der Waals surface area contributed by atoms with E-state index in [4.69, 9.17) is 14.6 Å². The van der Waals surface area contributed by atoms with Crippen LogP contribution in [-0.4, -0.2) is 41.7 Å². The quantitative estimate of drug-likeness (QED) is 0.347. The maximum Gasteiger partial charge on any atom is 0.412 e. The van der Waals surface area contributed by atoms with Crippen LogP contribution in [0.5, 0.6) is 5.75 Å². The fourth-order valence-electron chi connectivity index (χ4n) is 2.83. The van der Waals surface area contributed by atoms with E-state index in [1.807, 2.05) is 18.4 Å². The van der Waals surface area contributed by atoms with E-state index in [1.165, 1.54) is 19.3 Å². The second-order valence-electron chi connectivity index (χ2n) is 6.48. The number of carbonyl (C=O) groups is 2. The van der Waals surface area contributed by atoms with Crippen LogP contribution >= 0.6 is 11.8 Å². The number of carboxylic acid groups (broad SMARTS) is 1. The Bertz CT molecular complexity index is 919. The van der Waals surface area contributed by atoms with E-state index in [-0.39, 0.29) is 5.56 Å². The number of aromatic hydroxyl groups is 1. The van der Waals surface area contributed by atoms with Gasteiger partial charge in [-0.15, -0.1) is 11.8 Å². The molecule has 0 aromatic heterocycles. The summed E-state index contributed by atoms with van der Waals surface area (Å²) < 4.78 is 24.9. The summed E-state index contributed by atoms with van der Waals surface area (Å²) in [6, 6.07) is 10.8. The number of hydrogen-bond donors (Lipinski definition) is 3. The molecule has 0 bridgehead atoms. The molecule has 1 amide bonds. The van der Waals surface area contributed by atoms with Crippen LogP contribution < -0.4 is 5.32 Å². The van der Waals surface area contributed by atoms with E-state index in [1.54, 1.807) is 23.9 Å². The molecule has 31 heavy (non-hydrogen) atoms. The minimum atomic E-state index is -1.07. The molecule has 3 N–H and O–H groups in total. The van der Waals surface area contributed by atoms with Crippen molar-refractivity contribution >= 4 is 29.5 Å². The molecule has 0 saturated carbocycles. The van der Waals surface area contributed by atoms with E-state index < -0.39 is 35.8 Å². The number of phenolic OH excluding ortho intramolecular Hbond substituents is 1. The van der Waals surface area contributed by atoms with Crippen molar-refractivity contribution in [3.8, 4) is 5.75 Å². The van der Waals surface area contributed by atoms with E-state index in [0.29, 0.717) is 18.5 Å². The Hall–Kier alpha value is -3.04. The number of methoxy groups -OCH3 is 1. The van der Waals surface area contributed by atoms with Crippen molar-refractivity contribution in [3.05, 3.63) is 66.0 Å². The highest BCUT2D eigenvalue weighted by molar-refractivity contribution is 7.98. The molecule has 2 atom stereocenters. The molecule has 0 aliphatic heterocycles. The average Bonchev–Trinajstić information content (AvgIpc) is 2.75. The number of rotatable bonds is 10. The molecule has 0 spiro atoms. The Morgan fingerprint density at radius 2 is 1.94 bits per heavy atom. The second kappa shape index (κ2) is 12.0. The van der Waals surface area contributed by atoms with Crippen molar-refractivity contribution in [2.75, 3.05) is 18.7 Å². The minimum Gasteiger partial charge on any atom is -0.505 e. The van der Waals surface area contributed by atoms with Gasteiger partial charge in [-0.2, -0.15) is 0 Å². The van der Waals surface area contributed by atoms with Gasteiger partial charge < -0.3 is 19.7 Å². The smallest absolute Gasteiger partial charge is 0.412 e. The van der Waals surface area contributed by atoms with Gasteiger partial charge in [0.1, 0.15) is 0 Å². The molecule has 0 unspecified atom stereocenters. The Labute approximate surface area is 183 Å². The maximum absolute atomic E-state index is 13.9. The first kappa shape index (κ1) is 24.2. The summed E-state index contributed by atoms with van der Waals surface area (Å²) in [6.07, 6.45) is 2.60. The topological polar surface area (TPSA) is 105 Å². The summed E-state index contributed by atoms with van der Waals surface area (Å²) in [5.74, 6) is -2.46. The molecule has 0 aliphatic carbocycles. The molecule has 7 nitrogen and oxygen atoms in total. The zero-order valence-corrected chi connectivity index (χ0v) is 17.9. The van der Waals surface area contributed by atoms with Crippen LogP contribution in [-0.2, 0) is 14.3 Å². The van der Waals surface area contributed by atoms with Gasteiger partial charge in [0.05, 0.1) is 6.10 Å². The molecule has 0 saturated heterocycles. The number of anilines is 1. The number of ether oxygens (including phenoxy) is 2. The van der Waals surface area contributed by atoms with Gasteiger partial charge in [-0.3, -0.25) is 5.32 Å². The van der Waals surface area contributed by atoms with Gasteiger partial charge in [-0.1, -0.05) is 12.1 Å². The predicted molar refractivity (Wildman–Crippen MR) is 116 cm³/mol. The lowest BCUT2D eigenvalue weighted by Crippen LogP contribution is -2.28. The van der Waals surface area contributed by atoms with Gasteiger partial charge in [0.2, 0.25) is 0 Å². The van der Waals surface area contributed by atoms with Crippen molar-refractivity contribution < 1.29 is 33.7 Å². The molecule has 0 radical (unpaired) electrons. The predicted octanol–water partition coefficient (Wildman–Crippen LogP) is 4.98. The Morgan fingerprint density at radius 3 is 2.52 bits per heavy atom. The Kier molecular flexibility index (Phi) is 9.36. The standard InChI is InChI=1S/C22H24FNO6S/c1-29-19(5-3-4-6-20(26)27)21(14-7-12-18(25)17(23)13-14)30-22(28)24-15-8-10-16(31-2)11-9-15/h4,6-13,19,21,25H,3,5H2,1-2H3,(H,24,28)(H,26,27)/b6-4+/t19-,21-/m0/s1. The van der Waals surface area contributed by atoms with Gasteiger partial charge in [-0.25, -0.2) is 14.0 Å². The van der Waals surface area contributed by atoms with Gasteiger partial charge in [0, 0.05) is 23.8 Å². The number of halogens is 1. The minimum absolute atomic E-state index is 0.289. The van der Waals surface area contributed by atoms with Crippen LogP contribution in [0.1, 0.15) is 24.5 Å². The summed E-state index contributed by atoms with van der Waals surface area (Å²) in [5, 5.41) is 20.8. The molecule has 0 heterocycles. The molecule has 2 rings (SSSR count). The highest BCUT2D eigenvalue weighted by atomic mass is 32.2. The number of benzene rings is 2. The monoisotopic (exact) mass is 449 g/mol. The zero-order valence-electron chi connectivity index (χ0n) is 17.1. The van der Waals surface area contributed by atoms with Crippen molar-refractivity contribution in [1.82, 2.24) is 0 Å². The summed E-state index contributed by atoms with van der Waals surface area (Å²) in [4.78, 5) is 24.2. The largest absolute Gasteiger partial charge is 0.505 e. The maximum atomic E-state index is 13.9. The van der Waals surface area contributed by atoms with E-state index in [9.17, 15) is 19.1 Å². The van der Waals surface area contributed by atoms with E-state index in [0.717, 1.165) is 23.1 Å². The molecular weight excluding hydrogens is 425 g/mol. The van der Waals surface area contributed by atoms with Crippen molar-refractivity contribution in [2.45, 2.75) is 29.9 Å². The second-order valence-corrected chi connectivity index (χ2v) is 7.36. The van der Waals surface area contributed by atoms with Crippen LogP contribution in [0.4, 0.5) is 14.9 Å². The number of carboxylic acids is 1. The third-order valence-corrected chi connectivity index (χ3v) is 5.13. The Morgan fingerprint density at radius 1 is 1.23 bits per heavy atom. The van der Waals surface area contributed by atoms with E-state index in [2.05, 4.69) is 5.32 Å². The summed E-state index contributed by atoms with van der Waals surface area (Å²) >= 11 is 1.57. The number of thioether (sulfide) groups is 1. The lowest BCUT2D eigenvalue weighted by molar-refractivity contribution is -0.131. The first-order valence-electron chi connectivity index (χ1n) is 9.36. The molecule has 9 heteroatoms. The summed E-state index contributed by atoms with van der Waals surface area (Å²) in [5.41, 5.74) is 0.814. The lowest BCUT2D eigenvalue weighted by atomic mass is 10.00. The molecule has 0 aliphatic rings. The fraction of sp³-hybridized carbons (Fsp3) is 0.273. The highest BCUT2D eigenvalue weighted by Crippen LogP contribution is 2.30. The van der Waals surface area contributed by atoms with Gasteiger partial charge >= 0.3 is 12.1 Å². The van der Waals surface area contributed by atoms with Crippen molar-refractivity contribution in [2.24, 2.45) is 0 Å². The van der Waals surface area contributed by atoms with Crippen LogP contribution in [0.15, 0.2) is 59.5 Å². The van der Waals surface area contributed by atoms with Gasteiger partial charge in [0.15, 0.2) is 17.7 Å². The number of aliphatic carboxylic acids is 1. The summed E-state index contributed by atoms with van der Waals surface area (Å²) in [6.45, 7) is 0. The van der Waals surface area contributed by atoms with E-state index >= 15 is 0 Å². The number of allylic oxidation sites excluding steroid dienone is 1. The van der Waals surface area contributed by atoms with Gasteiger partial charge in [-0.05, 0) is 61.1 Å².